The summed E-state index contributed by atoms with van der Waals surface area (Å²) in [6.07, 6.45) is -5.72. The Morgan fingerprint density at radius 3 is 2.44 bits per heavy atom. The number of rotatable bonds is 2. The van der Waals surface area contributed by atoms with Crippen LogP contribution in [0.1, 0.15) is 24.1 Å². The first kappa shape index (κ1) is 11.1. The van der Waals surface area contributed by atoms with E-state index < -0.39 is 24.1 Å². The fraction of sp³-hybridized carbons (Fsp3) is 0.222. The predicted molar refractivity (Wildman–Crippen MR) is 53.9 cm³/mol. The molecule has 2 heterocycles. The van der Waals surface area contributed by atoms with Gasteiger partial charge in [-0.25, -0.2) is 22.5 Å². The van der Waals surface area contributed by atoms with E-state index in [-0.39, 0.29) is 15.9 Å². The van der Waals surface area contributed by atoms with Crippen LogP contribution < -0.4 is 5.73 Å². The number of thiophene rings is 1. The molecule has 2 rings (SSSR count). The standard InChI is InChI=1S/C9H6F4N2S/c10-7(11)3-1-5(8(12)13)15-9-6(3)4(14)2-16-9/h1-2,7-8H,14H2. The van der Waals surface area contributed by atoms with Crippen LogP contribution in [0.2, 0.25) is 0 Å². The summed E-state index contributed by atoms with van der Waals surface area (Å²) in [5, 5.41) is 1.49. The van der Waals surface area contributed by atoms with Crippen molar-refractivity contribution < 1.29 is 17.6 Å². The van der Waals surface area contributed by atoms with Crippen LogP contribution in [0.25, 0.3) is 10.2 Å². The van der Waals surface area contributed by atoms with Crippen LogP contribution in [-0.4, -0.2) is 4.98 Å². The highest BCUT2D eigenvalue weighted by molar-refractivity contribution is 7.17. The van der Waals surface area contributed by atoms with Crippen LogP contribution in [0.4, 0.5) is 23.2 Å². The van der Waals surface area contributed by atoms with E-state index in [1.54, 1.807) is 0 Å². The second-order valence-corrected chi connectivity index (χ2v) is 3.97. The number of nitrogen functional groups attached to an aromatic ring is 1. The molecule has 86 valence electrons. The second kappa shape index (κ2) is 3.89. The van der Waals surface area contributed by atoms with E-state index >= 15 is 0 Å². The van der Waals surface area contributed by atoms with Crippen LogP contribution in [0.15, 0.2) is 11.4 Å². The second-order valence-electron chi connectivity index (χ2n) is 3.11. The molecule has 0 bridgehead atoms. The van der Waals surface area contributed by atoms with Gasteiger partial charge in [-0.15, -0.1) is 11.3 Å². The third-order valence-corrected chi connectivity index (χ3v) is 2.97. The monoisotopic (exact) mass is 250 g/mol. The minimum absolute atomic E-state index is 0.0735. The average molecular weight is 250 g/mol. The van der Waals surface area contributed by atoms with Crippen LogP contribution >= 0.6 is 11.3 Å². The number of anilines is 1. The number of pyridine rings is 1. The van der Waals surface area contributed by atoms with Gasteiger partial charge in [0.2, 0.25) is 0 Å². The molecule has 0 aliphatic rings. The van der Waals surface area contributed by atoms with Crippen molar-refractivity contribution in [2.75, 3.05) is 5.73 Å². The third kappa shape index (κ3) is 1.71. The summed E-state index contributed by atoms with van der Waals surface area (Å²) in [5.74, 6) is 0. The van der Waals surface area contributed by atoms with E-state index in [1.807, 2.05) is 0 Å². The average Bonchev–Trinajstić information content (AvgIpc) is 2.59. The largest absolute Gasteiger partial charge is 0.397 e. The van der Waals surface area contributed by atoms with E-state index in [4.69, 9.17) is 5.73 Å². The molecule has 2 N–H and O–H groups in total. The zero-order chi connectivity index (χ0) is 11.9. The number of nitrogens with two attached hydrogens (primary N) is 1. The molecule has 0 unspecified atom stereocenters. The molecular formula is C9H6F4N2S. The minimum Gasteiger partial charge on any atom is -0.397 e. The van der Waals surface area contributed by atoms with Crippen molar-refractivity contribution in [3.63, 3.8) is 0 Å². The van der Waals surface area contributed by atoms with Crippen molar-refractivity contribution >= 4 is 27.2 Å². The Bertz CT molecular complexity index is 523. The summed E-state index contributed by atoms with van der Waals surface area (Å²) < 4.78 is 50.2. The van der Waals surface area contributed by atoms with Gasteiger partial charge in [0.05, 0.1) is 5.69 Å². The van der Waals surface area contributed by atoms with Gasteiger partial charge in [-0.05, 0) is 6.07 Å². The molecule has 2 aromatic rings. The lowest BCUT2D eigenvalue weighted by atomic mass is 10.1. The third-order valence-electron chi connectivity index (χ3n) is 2.08. The summed E-state index contributed by atoms with van der Waals surface area (Å²) in [6.45, 7) is 0. The molecule has 0 amide bonds. The summed E-state index contributed by atoms with van der Waals surface area (Å²) in [7, 11) is 0. The Balaban J connectivity index is 2.76. The normalized spacial score (nSPS) is 11.9. The zero-order valence-electron chi connectivity index (χ0n) is 7.75. The topological polar surface area (TPSA) is 38.9 Å². The Kier molecular flexibility index (Phi) is 2.71. The summed E-state index contributed by atoms with van der Waals surface area (Å²) in [5.41, 5.74) is 4.50. The smallest absolute Gasteiger partial charge is 0.280 e. The van der Waals surface area contributed by atoms with Gasteiger partial charge < -0.3 is 5.73 Å². The van der Waals surface area contributed by atoms with Crippen LogP contribution in [-0.2, 0) is 0 Å². The first-order chi connectivity index (χ1) is 7.50. The number of hydrogen-bond acceptors (Lipinski definition) is 3. The van der Waals surface area contributed by atoms with E-state index in [9.17, 15) is 17.6 Å². The first-order valence-electron chi connectivity index (χ1n) is 4.24. The highest BCUT2D eigenvalue weighted by Crippen LogP contribution is 2.36. The maximum Gasteiger partial charge on any atom is 0.280 e. The number of hydrogen-bond donors (Lipinski definition) is 1. The Labute approximate surface area is 91.7 Å². The van der Waals surface area contributed by atoms with Crippen molar-refractivity contribution in [3.05, 3.63) is 22.7 Å². The molecule has 0 aliphatic carbocycles. The summed E-state index contributed by atoms with van der Waals surface area (Å²) in [6, 6.07) is 0.709. The highest BCUT2D eigenvalue weighted by Gasteiger charge is 2.20. The lowest BCUT2D eigenvalue weighted by Gasteiger charge is -2.06. The quantitative estimate of drug-likeness (QED) is 0.824. The van der Waals surface area contributed by atoms with Crippen molar-refractivity contribution in [2.24, 2.45) is 0 Å². The molecular weight excluding hydrogens is 244 g/mol. The molecule has 16 heavy (non-hydrogen) atoms. The minimum atomic E-state index is -2.87. The van der Waals surface area contributed by atoms with Gasteiger partial charge in [-0.3, -0.25) is 0 Å². The maximum atomic E-state index is 12.7. The van der Waals surface area contributed by atoms with Gasteiger partial charge in [0.15, 0.2) is 0 Å². The molecule has 7 heteroatoms. The van der Waals surface area contributed by atoms with Gasteiger partial charge in [0.25, 0.3) is 12.9 Å². The molecule has 0 radical (unpaired) electrons. The number of nitrogens with zero attached hydrogens (tertiary/aromatic N) is 1. The van der Waals surface area contributed by atoms with E-state index in [0.29, 0.717) is 6.07 Å². The van der Waals surface area contributed by atoms with E-state index in [2.05, 4.69) is 4.98 Å². The van der Waals surface area contributed by atoms with Crippen molar-refractivity contribution in [1.82, 2.24) is 4.98 Å². The van der Waals surface area contributed by atoms with Crippen molar-refractivity contribution in [1.29, 1.82) is 0 Å². The lowest BCUT2D eigenvalue weighted by molar-refractivity contribution is 0.141. The van der Waals surface area contributed by atoms with Crippen LogP contribution in [0, 0.1) is 0 Å². The molecule has 2 nitrogen and oxygen atoms in total. The van der Waals surface area contributed by atoms with Crippen molar-refractivity contribution in [2.45, 2.75) is 12.9 Å². The molecule has 0 saturated heterocycles. The molecule has 0 aromatic carbocycles. The molecule has 2 aromatic heterocycles. The number of fused-ring (bicyclic) bond motifs is 1. The zero-order valence-corrected chi connectivity index (χ0v) is 8.57. The van der Waals surface area contributed by atoms with Gasteiger partial charge in [0, 0.05) is 16.3 Å². The summed E-state index contributed by atoms with van der Waals surface area (Å²) in [4.78, 5) is 3.71. The van der Waals surface area contributed by atoms with Gasteiger partial charge in [0.1, 0.15) is 10.5 Å². The summed E-state index contributed by atoms with van der Waals surface area (Å²) >= 11 is 0.974. The highest BCUT2D eigenvalue weighted by atomic mass is 32.1. The maximum absolute atomic E-state index is 12.7. The van der Waals surface area contributed by atoms with E-state index in [0.717, 1.165) is 11.3 Å². The molecule has 0 aliphatic heterocycles. The van der Waals surface area contributed by atoms with Crippen molar-refractivity contribution in [3.8, 4) is 0 Å². The number of halogens is 4. The Hall–Kier alpha value is -1.37. The van der Waals surface area contributed by atoms with Gasteiger partial charge in [-0.2, -0.15) is 0 Å². The molecule has 0 fully saturated rings. The molecule has 0 spiro atoms. The first-order valence-corrected chi connectivity index (χ1v) is 5.12. The fourth-order valence-corrected chi connectivity index (χ4v) is 2.27. The predicted octanol–water partition coefficient (Wildman–Crippen LogP) is 3.75. The fourth-order valence-electron chi connectivity index (χ4n) is 1.40. The SMILES string of the molecule is Nc1csc2nc(C(F)F)cc(C(F)F)c12. The van der Waals surface area contributed by atoms with Crippen LogP contribution in [0.3, 0.4) is 0 Å². The Morgan fingerprint density at radius 1 is 1.19 bits per heavy atom. The van der Waals surface area contributed by atoms with Gasteiger partial charge in [-0.1, -0.05) is 0 Å². The Morgan fingerprint density at radius 2 is 1.88 bits per heavy atom. The van der Waals surface area contributed by atoms with E-state index in [1.165, 1.54) is 5.38 Å². The molecule has 0 saturated carbocycles. The van der Waals surface area contributed by atoms with Gasteiger partial charge >= 0.3 is 0 Å². The number of alkyl halides is 4. The lowest BCUT2D eigenvalue weighted by Crippen LogP contribution is -1.96. The molecule has 0 atom stereocenters. The van der Waals surface area contributed by atoms with Crippen LogP contribution in [0.5, 0.6) is 0 Å². The number of aromatic nitrogens is 1.